The molecule has 0 fully saturated rings. The van der Waals surface area contributed by atoms with E-state index in [4.69, 9.17) is 14.2 Å². The van der Waals surface area contributed by atoms with Crippen LogP contribution in [0.5, 0.6) is 11.5 Å². The number of hydrogen-bond acceptors (Lipinski definition) is 6. The van der Waals surface area contributed by atoms with Gasteiger partial charge in [-0.05, 0) is 29.1 Å². The highest BCUT2D eigenvalue weighted by Crippen LogP contribution is 2.27. The Bertz CT molecular complexity index is 669. The third kappa shape index (κ3) is 4.72. The van der Waals surface area contributed by atoms with E-state index in [1.54, 1.807) is 43.9 Å². The average molecular weight is 335 g/mol. The third-order valence-electron chi connectivity index (χ3n) is 2.99. The van der Waals surface area contributed by atoms with Crippen LogP contribution in [0.25, 0.3) is 0 Å². The molecule has 0 aliphatic rings. The summed E-state index contributed by atoms with van der Waals surface area (Å²) in [6.45, 7) is -0.0141. The summed E-state index contributed by atoms with van der Waals surface area (Å²) in [5, 5.41) is 4.45. The molecule has 0 aliphatic carbocycles. The number of thiophene rings is 1. The van der Waals surface area contributed by atoms with Crippen molar-refractivity contribution in [1.82, 2.24) is 5.32 Å². The number of rotatable bonds is 7. The Labute approximate surface area is 138 Å². The fraction of sp³-hybridized carbons (Fsp3) is 0.250. The second kappa shape index (κ2) is 8.19. The van der Waals surface area contributed by atoms with Crippen LogP contribution in [-0.4, -0.2) is 32.7 Å². The Kier molecular flexibility index (Phi) is 5.99. The number of hydrogen-bond donors (Lipinski definition) is 1. The van der Waals surface area contributed by atoms with Crippen LogP contribution in [0.15, 0.2) is 35.7 Å². The molecule has 0 spiro atoms. The second-order valence-corrected chi connectivity index (χ2v) is 5.47. The molecule has 1 amide bonds. The number of amides is 1. The molecule has 0 saturated heterocycles. The molecule has 6 nitrogen and oxygen atoms in total. The van der Waals surface area contributed by atoms with Gasteiger partial charge in [0.15, 0.2) is 18.1 Å². The molecule has 1 heterocycles. The van der Waals surface area contributed by atoms with Crippen LogP contribution >= 0.6 is 11.3 Å². The molecule has 0 radical (unpaired) electrons. The summed E-state index contributed by atoms with van der Waals surface area (Å²) in [5.74, 6) is 0.335. The summed E-state index contributed by atoms with van der Waals surface area (Å²) in [6, 6.07) is 8.75. The van der Waals surface area contributed by atoms with Gasteiger partial charge in [0.25, 0.3) is 5.91 Å². The lowest BCUT2D eigenvalue weighted by atomic mass is 10.2. The van der Waals surface area contributed by atoms with Gasteiger partial charge >= 0.3 is 5.97 Å². The Morgan fingerprint density at radius 1 is 1.13 bits per heavy atom. The molecule has 0 saturated carbocycles. The first-order valence-electron chi connectivity index (χ1n) is 6.82. The third-order valence-corrected chi connectivity index (χ3v) is 3.84. The molecular formula is C16H17NO5S. The molecule has 1 aromatic carbocycles. The van der Waals surface area contributed by atoms with Crippen LogP contribution in [0.2, 0.25) is 0 Å². The van der Waals surface area contributed by atoms with Crippen LogP contribution in [-0.2, 0) is 16.1 Å². The van der Waals surface area contributed by atoms with Crippen molar-refractivity contribution in [3.8, 4) is 11.5 Å². The Hall–Kier alpha value is -2.54. The van der Waals surface area contributed by atoms with E-state index in [-0.39, 0.29) is 12.5 Å². The normalized spacial score (nSPS) is 10.0. The van der Waals surface area contributed by atoms with Gasteiger partial charge in [0.05, 0.1) is 14.2 Å². The topological polar surface area (TPSA) is 73.9 Å². The molecule has 7 heteroatoms. The standard InChI is InChI=1S/C16H17NO5S/c1-20-12-6-5-11(8-13(12)21-2)9-17-15(18)10-22-16(19)14-4-3-7-23-14/h3-8H,9-10H2,1-2H3,(H,17,18). The van der Waals surface area contributed by atoms with Crippen molar-refractivity contribution >= 4 is 23.2 Å². The predicted octanol–water partition coefficient (Wildman–Crippen LogP) is 2.24. The number of nitrogens with one attached hydrogen (secondary N) is 1. The van der Waals surface area contributed by atoms with E-state index in [0.717, 1.165) is 5.56 Å². The minimum Gasteiger partial charge on any atom is -0.493 e. The summed E-state index contributed by atoms with van der Waals surface area (Å²) >= 11 is 1.27. The molecule has 0 bridgehead atoms. The van der Waals surface area contributed by atoms with E-state index >= 15 is 0 Å². The van der Waals surface area contributed by atoms with Crippen molar-refractivity contribution in [3.05, 3.63) is 46.2 Å². The SMILES string of the molecule is COc1ccc(CNC(=O)COC(=O)c2cccs2)cc1OC. The van der Waals surface area contributed by atoms with E-state index in [9.17, 15) is 9.59 Å². The van der Waals surface area contributed by atoms with E-state index in [2.05, 4.69) is 5.32 Å². The van der Waals surface area contributed by atoms with Gasteiger partial charge in [-0.1, -0.05) is 12.1 Å². The van der Waals surface area contributed by atoms with Gasteiger partial charge in [0, 0.05) is 6.54 Å². The van der Waals surface area contributed by atoms with E-state index < -0.39 is 5.97 Å². The lowest BCUT2D eigenvalue weighted by Gasteiger charge is -2.10. The van der Waals surface area contributed by atoms with Crippen LogP contribution in [0.3, 0.4) is 0 Å². The number of carbonyl (C=O) groups is 2. The smallest absolute Gasteiger partial charge is 0.348 e. The van der Waals surface area contributed by atoms with Gasteiger partial charge in [-0.25, -0.2) is 4.79 Å². The molecule has 23 heavy (non-hydrogen) atoms. The van der Waals surface area contributed by atoms with E-state index in [1.807, 2.05) is 6.07 Å². The number of benzene rings is 1. The van der Waals surface area contributed by atoms with Gasteiger partial charge in [0.1, 0.15) is 4.88 Å². The zero-order valence-electron chi connectivity index (χ0n) is 12.8. The minimum absolute atomic E-state index is 0.301. The van der Waals surface area contributed by atoms with Crippen LogP contribution < -0.4 is 14.8 Å². The molecule has 2 rings (SSSR count). The largest absolute Gasteiger partial charge is 0.493 e. The maximum Gasteiger partial charge on any atom is 0.348 e. The quantitative estimate of drug-likeness (QED) is 0.786. The molecule has 122 valence electrons. The predicted molar refractivity (Wildman–Crippen MR) is 86.0 cm³/mol. The summed E-state index contributed by atoms with van der Waals surface area (Å²) < 4.78 is 15.3. The van der Waals surface area contributed by atoms with Crippen molar-refractivity contribution < 1.29 is 23.8 Å². The lowest BCUT2D eigenvalue weighted by Crippen LogP contribution is -2.28. The number of ether oxygens (including phenoxy) is 3. The highest BCUT2D eigenvalue weighted by Gasteiger charge is 2.11. The van der Waals surface area contributed by atoms with E-state index in [0.29, 0.717) is 22.9 Å². The highest BCUT2D eigenvalue weighted by atomic mass is 32.1. The molecule has 1 N–H and O–H groups in total. The van der Waals surface area contributed by atoms with Crippen molar-refractivity contribution in [1.29, 1.82) is 0 Å². The molecule has 2 aromatic rings. The molecule has 1 aromatic heterocycles. The molecule has 0 atom stereocenters. The first-order chi connectivity index (χ1) is 11.1. The number of esters is 1. The summed E-state index contributed by atoms with van der Waals surface area (Å²) in [6.07, 6.45) is 0. The minimum atomic E-state index is -0.499. The molecule has 0 unspecified atom stereocenters. The first-order valence-corrected chi connectivity index (χ1v) is 7.70. The van der Waals surface area contributed by atoms with Gasteiger partial charge < -0.3 is 19.5 Å². The molecule has 0 aliphatic heterocycles. The second-order valence-electron chi connectivity index (χ2n) is 4.52. The van der Waals surface area contributed by atoms with Gasteiger partial charge in [-0.2, -0.15) is 0 Å². The maximum atomic E-state index is 11.7. The lowest BCUT2D eigenvalue weighted by molar-refractivity contribution is -0.124. The van der Waals surface area contributed by atoms with Crippen LogP contribution in [0.4, 0.5) is 0 Å². The summed E-state index contributed by atoms with van der Waals surface area (Å²) in [7, 11) is 3.10. The molecular weight excluding hydrogens is 318 g/mol. The monoisotopic (exact) mass is 335 g/mol. The summed E-state index contributed by atoms with van der Waals surface area (Å²) in [5.41, 5.74) is 0.848. The van der Waals surface area contributed by atoms with E-state index in [1.165, 1.54) is 11.3 Å². The number of methoxy groups -OCH3 is 2. The fourth-order valence-electron chi connectivity index (χ4n) is 1.84. The van der Waals surface area contributed by atoms with Crippen molar-refractivity contribution in [2.45, 2.75) is 6.54 Å². The van der Waals surface area contributed by atoms with Gasteiger partial charge in [-0.15, -0.1) is 11.3 Å². The van der Waals surface area contributed by atoms with Crippen LogP contribution in [0.1, 0.15) is 15.2 Å². The zero-order valence-corrected chi connectivity index (χ0v) is 13.6. The van der Waals surface area contributed by atoms with Gasteiger partial charge in [-0.3, -0.25) is 4.79 Å². The fourth-order valence-corrected chi connectivity index (χ4v) is 2.46. The number of carbonyl (C=O) groups excluding carboxylic acids is 2. The zero-order chi connectivity index (χ0) is 16.7. The average Bonchev–Trinajstić information content (AvgIpc) is 3.12. The highest BCUT2D eigenvalue weighted by molar-refractivity contribution is 7.11. The Morgan fingerprint density at radius 3 is 2.57 bits per heavy atom. The Morgan fingerprint density at radius 2 is 1.91 bits per heavy atom. The first kappa shape index (κ1) is 16.8. The van der Waals surface area contributed by atoms with Crippen LogP contribution in [0, 0.1) is 0 Å². The van der Waals surface area contributed by atoms with Crippen molar-refractivity contribution in [2.75, 3.05) is 20.8 Å². The summed E-state index contributed by atoms with van der Waals surface area (Å²) in [4.78, 5) is 23.8. The van der Waals surface area contributed by atoms with Crippen molar-refractivity contribution in [2.24, 2.45) is 0 Å². The van der Waals surface area contributed by atoms with Gasteiger partial charge in [0.2, 0.25) is 0 Å². The van der Waals surface area contributed by atoms with Crippen molar-refractivity contribution in [3.63, 3.8) is 0 Å². The maximum absolute atomic E-state index is 11.7. The Balaban J connectivity index is 1.81.